The highest BCUT2D eigenvalue weighted by molar-refractivity contribution is 7.79. The van der Waals surface area contributed by atoms with Crippen molar-refractivity contribution in [3.63, 3.8) is 0 Å². The molecule has 1 unspecified atom stereocenters. The molecule has 5 nitrogen and oxygen atoms in total. The molecule has 0 aliphatic heterocycles. The van der Waals surface area contributed by atoms with Gasteiger partial charge >= 0.3 is 0 Å². The Balaban J connectivity index is 2.92. The van der Waals surface area contributed by atoms with Crippen LogP contribution in [-0.4, -0.2) is 13.7 Å². The van der Waals surface area contributed by atoms with E-state index in [0.717, 1.165) is 0 Å². The van der Waals surface area contributed by atoms with E-state index in [2.05, 4.69) is 0 Å². The lowest BCUT2D eigenvalue weighted by Crippen LogP contribution is -1.95. The predicted molar refractivity (Wildman–Crippen MR) is 57.8 cm³/mol. The Bertz CT molecular complexity index is 548. The van der Waals surface area contributed by atoms with Crippen molar-refractivity contribution in [1.82, 2.24) is 0 Å². The largest absolute Gasteiger partial charge is 0.768 e. The molecule has 0 N–H and O–H groups in total. The molecule has 0 bridgehead atoms. The molecule has 2 aromatic carbocycles. The maximum Gasteiger partial charge on any atom is 0.278 e. The number of non-ortho nitro benzene ring substituents is 1. The van der Waals surface area contributed by atoms with E-state index in [0.29, 0.717) is 5.39 Å². The van der Waals surface area contributed by atoms with Crippen molar-refractivity contribution in [2.75, 3.05) is 0 Å². The fraction of sp³-hybridized carbons (Fsp3) is 0. The van der Waals surface area contributed by atoms with Gasteiger partial charge in [-0.25, -0.2) is 0 Å². The van der Waals surface area contributed by atoms with Gasteiger partial charge in [0.1, 0.15) is 0 Å². The molecule has 0 amide bonds. The molecule has 2 aromatic rings. The van der Waals surface area contributed by atoms with Gasteiger partial charge < -0.3 is 4.55 Å². The van der Waals surface area contributed by atoms with E-state index in [1.54, 1.807) is 18.2 Å². The first-order chi connectivity index (χ1) is 7.61. The third-order valence-corrected chi connectivity index (χ3v) is 2.92. The van der Waals surface area contributed by atoms with Gasteiger partial charge in [0.15, 0.2) is 0 Å². The van der Waals surface area contributed by atoms with E-state index in [1.165, 1.54) is 18.2 Å². The topological polar surface area (TPSA) is 83.3 Å². The van der Waals surface area contributed by atoms with Gasteiger partial charge in [-0.05, 0) is 22.5 Å². The quantitative estimate of drug-likeness (QED) is 0.453. The molecule has 1 atom stereocenters. The second-order valence-corrected chi connectivity index (χ2v) is 4.03. The Morgan fingerprint density at radius 2 is 1.75 bits per heavy atom. The maximum atomic E-state index is 11.0. The summed E-state index contributed by atoms with van der Waals surface area (Å²) in [6, 6.07) is 8.99. The molecule has 2 rings (SSSR count). The van der Waals surface area contributed by atoms with Crippen LogP contribution in [0.15, 0.2) is 41.3 Å². The average Bonchev–Trinajstić information content (AvgIpc) is 2.27. The standard InChI is InChI=1S/C10H7NO4S/c12-11(13)8-5-1-3-7-4-2-6-9(10(7)8)16(14)15/h1-6H,(H,14,15)/p-1. The van der Waals surface area contributed by atoms with E-state index < -0.39 is 16.0 Å². The molecule has 0 heterocycles. The second kappa shape index (κ2) is 3.99. The molecular formula is C10H6NO4S-. The zero-order chi connectivity index (χ0) is 11.7. The molecule has 6 heteroatoms. The van der Waals surface area contributed by atoms with E-state index in [4.69, 9.17) is 0 Å². The van der Waals surface area contributed by atoms with Crippen LogP contribution in [0.1, 0.15) is 0 Å². The van der Waals surface area contributed by atoms with Crippen molar-refractivity contribution in [2.45, 2.75) is 4.90 Å². The van der Waals surface area contributed by atoms with Crippen LogP contribution in [-0.2, 0) is 11.1 Å². The number of nitro benzene ring substituents is 1. The molecule has 0 aromatic heterocycles. The Labute approximate surface area is 93.1 Å². The zero-order valence-corrected chi connectivity index (χ0v) is 8.77. The van der Waals surface area contributed by atoms with Gasteiger partial charge in [0, 0.05) is 11.0 Å². The molecule has 0 aliphatic rings. The molecule has 0 radical (unpaired) electrons. The first-order valence-corrected chi connectivity index (χ1v) is 5.44. The van der Waals surface area contributed by atoms with Crippen molar-refractivity contribution in [3.8, 4) is 0 Å². The van der Waals surface area contributed by atoms with Crippen molar-refractivity contribution < 1.29 is 13.7 Å². The van der Waals surface area contributed by atoms with E-state index >= 15 is 0 Å². The highest BCUT2D eigenvalue weighted by Gasteiger charge is 2.14. The van der Waals surface area contributed by atoms with Crippen LogP contribution in [0.5, 0.6) is 0 Å². The monoisotopic (exact) mass is 236 g/mol. The number of benzene rings is 2. The van der Waals surface area contributed by atoms with Crippen molar-refractivity contribution in [3.05, 3.63) is 46.5 Å². The average molecular weight is 236 g/mol. The highest BCUT2D eigenvalue weighted by atomic mass is 32.2. The number of fused-ring (bicyclic) bond motifs is 1. The number of rotatable bonds is 2. The van der Waals surface area contributed by atoms with E-state index in [-0.39, 0.29) is 16.0 Å². The summed E-state index contributed by atoms with van der Waals surface area (Å²) in [6.07, 6.45) is 0. The molecule has 0 fully saturated rings. The van der Waals surface area contributed by atoms with Gasteiger partial charge in [0.05, 0.1) is 10.3 Å². The summed E-state index contributed by atoms with van der Waals surface area (Å²) in [5.41, 5.74) is -0.197. The second-order valence-electron chi connectivity index (χ2n) is 3.12. The number of hydrogen-bond donors (Lipinski definition) is 0. The summed E-state index contributed by atoms with van der Waals surface area (Å²) in [5, 5.41) is 11.5. The van der Waals surface area contributed by atoms with Crippen molar-refractivity contribution >= 4 is 27.5 Å². The van der Waals surface area contributed by atoms with Crippen LogP contribution in [0.25, 0.3) is 10.8 Å². The summed E-state index contributed by atoms with van der Waals surface area (Å²) >= 11 is -2.48. The van der Waals surface area contributed by atoms with Gasteiger partial charge in [-0.2, -0.15) is 0 Å². The summed E-state index contributed by atoms with van der Waals surface area (Å²) in [5.74, 6) is 0. The minimum atomic E-state index is -2.48. The molecule has 0 saturated carbocycles. The molecule has 0 aliphatic carbocycles. The van der Waals surface area contributed by atoms with Gasteiger partial charge in [-0.3, -0.25) is 14.3 Å². The smallest absolute Gasteiger partial charge is 0.278 e. The molecule has 16 heavy (non-hydrogen) atoms. The van der Waals surface area contributed by atoms with Crippen LogP contribution in [0.3, 0.4) is 0 Å². The normalized spacial score (nSPS) is 12.6. The van der Waals surface area contributed by atoms with Crippen molar-refractivity contribution in [1.29, 1.82) is 0 Å². The predicted octanol–water partition coefficient (Wildman–Crippen LogP) is 1.99. The summed E-state index contributed by atoms with van der Waals surface area (Å²) < 4.78 is 21.9. The summed E-state index contributed by atoms with van der Waals surface area (Å²) in [7, 11) is 0. The number of nitrogens with zero attached hydrogens (tertiary/aromatic N) is 1. The third-order valence-electron chi connectivity index (χ3n) is 2.22. The van der Waals surface area contributed by atoms with Crippen LogP contribution in [0.4, 0.5) is 5.69 Å². The fourth-order valence-electron chi connectivity index (χ4n) is 1.58. The van der Waals surface area contributed by atoms with Crippen molar-refractivity contribution in [2.24, 2.45) is 0 Å². The molecule has 0 saturated heterocycles. The highest BCUT2D eigenvalue weighted by Crippen LogP contribution is 2.30. The third kappa shape index (κ3) is 1.68. The Kier molecular flexibility index (Phi) is 2.67. The van der Waals surface area contributed by atoms with Gasteiger partial charge in [0.2, 0.25) is 0 Å². The molecule has 82 valence electrons. The number of hydrogen-bond acceptors (Lipinski definition) is 4. The van der Waals surface area contributed by atoms with Crippen LogP contribution < -0.4 is 0 Å². The van der Waals surface area contributed by atoms with Gasteiger partial charge in [-0.1, -0.05) is 24.3 Å². The summed E-state index contributed by atoms with van der Waals surface area (Å²) in [4.78, 5) is 10.2. The lowest BCUT2D eigenvalue weighted by molar-refractivity contribution is -0.383. The molecule has 0 spiro atoms. The van der Waals surface area contributed by atoms with E-state index in [1.807, 2.05) is 0 Å². The zero-order valence-electron chi connectivity index (χ0n) is 7.95. The Hall–Kier alpha value is -1.79. The lowest BCUT2D eigenvalue weighted by atomic mass is 10.1. The fourth-order valence-corrected chi connectivity index (χ4v) is 2.16. The van der Waals surface area contributed by atoms with Crippen LogP contribution >= 0.6 is 0 Å². The molecular weight excluding hydrogens is 230 g/mol. The first-order valence-electron chi connectivity index (χ1n) is 4.36. The summed E-state index contributed by atoms with van der Waals surface area (Å²) in [6.45, 7) is 0. The van der Waals surface area contributed by atoms with Gasteiger partial charge in [-0.15, -0.1) is 0 Å². The minimum Gasteiger partial charge on any atom is -0.768 e. The number of nitro groups is 1. The Morgan fingerprint density at radius 1 is 1.12 bits per heavy atom. The minimum absolute atomic E-state index is 0.0511. The lowest BCUT2D eigenvalue weighted by Gasteiger charge is -2.08. The Morgan fingerprint density at radius 3 is 2.31 bits per heavy atom. The maximum absolute atomic E-state index is 11.0. The van der Waals surface area contributed by atoms with Crippen LogP contribution in [0, 0.1) is 10.1 Å². The van der Waals surface area contributed by atoms with Crippen LogP contribution in [0.2, 0.25) is 0 Å². The SMILES string of the molecule is O=[N+]([O-])c1cccc2cccc(S(=O)[O-])c12. The van der Waals surface area contributed by atoms with E-state index in [9.17, 15) is 18.9 Å². The first kappa shape index (κ1) is 10.7. The van der Waals surface area contributed by atoms with Gasteiger partial charge in [0.25, 0.3) is 5.69 Å².